The zero-order valence-corrected chi connectivity index (χ0v) is 12.9. The maximum Gasteiger partial charge on any atom is 0.335 e. The largest absolute Gasteiger partial charge is 0.495 e. The first-order valence-electron chi connectivity index (χ1n) is 5.93. The molecule has 7 nitrogen and oxygen atoms in total. The van der Waals surface area contributed by atoms with E-state index in [-0.39, 0.29) is 17.0 Å². The molecular formula is C13H17NO6S. The van der Waals surface area contributed by atoms with Crippen LogP contribution in [0.4, 0.5) is 5.69 Å². The van der Waals surface area contributed by atoms with Crippen molar-refractivity contribution in [3.8, 4) is 5.75 Å². The summed E-state index contributed by atoms with van der Waals surface area (Å²) in [6.45, 7) is 2.54. The van der Waals surface area contributed by atoms with E-state index in [1.165, 1.54) is 39.2 Å². The van der Waals surface area contributed by atoms with Crippen LogP contribution in [0.25, 0.3) is 0 Å². The third-order valence-electron chi connectivity index (χ3n) is 3.17. The van der Waals surface area contributed by atoms with Crippen molar-refractivity contribution >= 4 is 27.4 Å². The molecule has 0 atom stereocenters. The van der Waals surface area contributed by atoms with E-state index in [0.29, 0.717) is 0 Å². The van der Waals surface area contributed by atoms with Crippen LogP contribution in [0.2, 0.25) is 0 Å². The van der Waals surface area contributed by atoms with Gasteiger partial charge in [-0.15, -0.1) is 0 Å². The molecule has 0 unspecified atom stereocenters. The third kappa shape index (κ3) is 3.52. The zero-order valence-electron chi connectivity index (χ0n) is 12.1. The molecule has 0 aromatic heterocycles. The van der Waals surface area contributed by atoms with Gasteiger partial charge >= 0.3 is 5.97 Å². The molecule has 0 aliphatic rings. The van der Waals surface area contributed by atoms with Gasteiger partial charge in [0.1, 0.15) is 10.5 Å². The van der Waals surface area contributed by atoms with Crippen molar-refractivity contribution in [3.05, 3.63) is 23.8 Å². The molecule has 2 N–H and O–H groups in total. The minimum absolute atomic E-state index is 0.0525. The average Bonchev–Trinajstić information content (AvgIpc) is 2.37. The van der Waals surface area contributed by atoms with Crippen LogP contribution in [0.5, 0.6) is 5.75 Å². The smallest absolute Gasteiger partial charge is 0.335 e. The Morgan fingerprint density at radius 1 is 1.29 bits per heavy atom. The molecule has 0 fully saturated rings. The second-order valence-electron chi connectivity index (χ2n) is 4.96. The van der Waals surface area contributed by atoms with Gasteiger partial charge in [0.15, 0.2) is 9.84 Å². The number of benzene rings is 1. The van der Waals surface area contributed by atoms with Crippen LogP contribution in [0, 0.1) is 0 Å². The maximum absolute atomic E-state index is 12.1. The van der Waals surface area contributed by atoms with E-state index in [0.717, 1.165) is 6.26 Å². The maximum atomic E-state index is 12.1. The van der Waals surface area contributed by atoms with Crippen molar-refractivity contribution in [2.45, 2.75) is 18.6 Å². The molecule has 0 aliphatic heterocycles. The van der Waals surface area contributed by atoms with Crippen LogP contribution < -0.4 is 10.1 Å². The van der Waals surface area contributed by atoms with Crippen LogP contribution in [-0.4, -0.2) is 43.5 Å². The highest BCUT2D eigenvalue weighted by Gasteiger charge is 2.38. The van der Waals surface area contributed by atoms with Gasteiger partial charge in [-0.2, -0.15) is 0 Å². The normalized spacial score (nSPS) is 11.8. The van der Waals surface area contributed by atoms with Gasteiger partial charge in [0.05, 0.1) is 18.4 Å². The van der Waals surface area contributed by atoms with Gasteiger partial charge in [0.25, 0.3) is 0 Å². The number of aromatic carboxylic acids is 1. The van der Waals surface area contributed by atoms with E-state index in [4.69, 9.17) is 9.84 Å². The fourth-order valence-corrected chi connectivity index (χ4v) is 1.77. The van der Waals surface area contributed by atoms with Gasteiger partial charge in [-0.25, -0.2) is 13.2 Å². The second-order valence-corrected chi connectivity index (χ2v) is 7.52. The Hall–Kier alpha value is -2.09. The predicted molar refractivity (Wildman–Crippen MR) is 77.5 cm³/mol. The molecule has 0 bridgehead atoms. The van der Waals surface area contributed by atoms with E-state index >= 15 is 0 Å². The molecule has 1 rings (SSSR count). The Kier molecular flexibility index (Phi) is 4.62. The lowest BCUT2D eigenvalue weighted by atomic mass is 10.1. The highest BCUT2D eigenvalue weighted by atomic mass is 32.2. The van der Waals surface area contributed by atoms with E-state index in [1.807, 2.05) is 0 Å². The molecule has 1 amide bonds. The minimum Gasteiger partial charge on any atom is -0.495 e. The second kappa shape index (κ2) is 5.72. The Bertz CT molecular complexity index is 678. The number of carboxylic acid groups (broad SMARTS) is 1. The van der Waals surface area contributed by atoms with Gasteiger partial charge in [0.2, 0.25) is 5.91 Å². The number of carboxylic acids is 1. The van der Waals surface area contributed by atoms with E-state index < -0.39 is 26.5 Å². The SMILES string of the molecule is COc1ccc(C(=O)O)cc1NC(=O)C(C)(C)S(C)(=O)=O. The van der Waals surface area contributed by atoms with Gasteiger partial charge in [-0.1, -0.05) is 0 Å². The van der Waals surface area contributed by atoms with Crippen LogP contribution in [0.1, 0.15) is 24.2 Å². The third-order valence-corrected chi connectivity index (χ3v) is 5.21. The molecule has 8 heteroatoms. The van der Waals surface area contributed by atoms with Crippen LogP contribution in [0.3, 0.4) is 0 Å². The highest BCUT2D eigenvalue weighted by Crippen LogP contribution is 2.27. The summed E-state index contributed by atoms with van der Waals surface area (Å²) < 4.78 is 26.6. The summed E-state index contributed by atoms with van der Waals surface area (Å²) in [6.07, 6.45) is 0.956. The fraction of sp³-hybridized carbons (Fsp3) is 0.385. The number of hydrogen-bond acceptors (Lipinski definition) is 5. The number of sulfone groups is 1. The van der Waals surface area contributed by atoms with Crippen molar-refractivity contribution < 1.29 is 27.9 Å². The van der Waals surface area contributed by atoms with Crippen LogP contribution in [-0.2, 0) is 14.6 Å². The highest BCUT2D eigenvalue weighted by molar-refractivity contribution is 7.92. The number of hydrogen-bond donors (Lipinski definition) is 2. The Balaban J connectivity index is 3.21. The standard InChI is InChI=1S/C13H17NO6S/c1-13(2,21(4,18)19)12(17)14-9-7-8(11(15)16)5-6-10(9)20-3/h5-7H,1-4H3,(H,14,17)(H,15,16). The first-order valence-corrected chi connectivity index (χ1v) is 7.82. The van der Waals surface area contributed by atoms with Crippen molar-refractivity contribution in [2.75, 3.05) is 18.7 Å². The summed E-state index contributed by atoms with van der Waals surface area (Å²) in [5.74, 6) is -1.71. The lowest BCUT2D eigenvalue weighted by Crippen LogP contribution is -2.43. The summed E-state index contributed by atoms with van der Waals surface area (Å²) in [6, 6.07) is 3.91. The number of nitrogens with one attached hydrogen (secondary N) is 1. The van der Waals surface area contributed by atoms with E-state index in [9.17, 15) is 18.0 Å². The Morgan fingerprint density at radius 3 is 2.29 bits per heavy atom. The number of carbonyl (C=O) groups excluding carboxylic acids is 1. The van der Waals surface area contributed by atoms with E-state index in [2.05, 4.69) is 5.32 Å². The molecule has 0 aliphatic carbocycles. The molecular weight excluding hydrogens is 298 g/mol. The number of methoxy groups -OCH3 is 1. The van der Waals surface area contributed by atoms with Gasteiger partial charge in [-0.3, -0.25) is 4.79 Å². The topological polar surface area (TPSA) is 110 Å². The summed E-state index contributed by atoms with van der Waals surface area (Å²) >= 11 is 0. The zero-order chi connectivity index (χ0) is 16.4. The number of carbonyl (C=O) groups is 2. The number of rotatable bonds is 5. The minimum atomic E-state index is -3.64. The molecule has 116 valence electrons. The molecule has 0 radical (unpaired) electrons. The van der Waals surface area contributed by atoms with Crippen molar-refractivity contribution in [1.29, 1.82) is 0 Å². The quantitative estimate of drug-likeness (QED) is 0.843. The molecule has 21 heavy (non-hydrogen) atoms. The van der Waals surface area contributed by atoms with Gasteiger partial charge < -0.3 is 15.2 Å². The molecule has 1 aromatic rings. The van der Waals surface area contributed by atoms with Crippen molar-refractivity contribution in [2.24, 2.45) is 0 Å². The first kappa shape index (κ1) is 17.0. The predicted octanol–water partition coefficient (Wildman–Crippen LogP) is 1.16. The fourth-order valence-electron chi connectivity index (χ4n) is 1.38. The first-order chi connectivity index (χ1) is 9.50. The van der Waals surface area contributed by atoms with Crippen molar-refractivity contribution in [1.82, 2.24) is 0 Å². The molecule has 1 aromatic carbocycles. The number of ether oxygens (including phenoxy) is 1. The van der Waals surface area contributed by atoms with Crippen LogP contribution >= 0.6 is 0 Å². The average molecular weight is 315 g/mol. The van der Waals surface area contributed by atoms with Gasteiger partial charge in [0, 0.05) is 6.26 Å². The molecule has 0 saturated heterocycles. The summed E-state index contributed by atoms with van der Waals surface area (Å²) in [4.78, 5) is 23.1. The molecule has 0 saturated carbocycles. The Labute approximate surface area is 122 Å². The number of anilines is 1. The van der Waals surface area contributed by atoms with E-state index in [1.54, 1.807) is 0 Å². The Morgan fingerprint density at radius 2 is 1.86 bits per heavy atom. The van der Waals surface area contributed by atoms with Gasteiger partial charge in [-0.05, 0) is 32.0 Å². The molecule has 0 heterocycles. The lowest BCUT2D eigenvalue weighted by molar-refractivity contribution is -0.117. The molecule has 0 spiro atoms. The lowest BCUT2D eigenvalue weighted by Gasteiger charge is -2.22. The number of amides is 1. The summed E-state index contributed by atoms with van der Waals surface area (Å²) in [5.41, 5.74) is 0.0439. The van der Waals surface area contributed by atoms with Crippen molar-refractivity contribution in [3.63, 3.8) is 0 Å². The van der Waals surface area contributed by atoms with Crippen LogP contribution in [0.15, 0.2) is 18.2 Å². The monoisotopic (exact) mass is 315 g/mol. The summed E-state index contributed by atoms with van der Waals surface area (Å²) in [7, 11) is -2.28. The summed E-state index contributed by atoms with van der Waals surface area (Å²) in [5, 5.41) is 11.3.